The van der Waals surface area contributed by atoms with Crippen LogP contribution in [0.1, 0.15) is 27.7 Å². The van der Waals surface area contributed by atoms with Gasteiger partial charge in [0.2, 0.25) is 5.91 Å². The van der Waals surface area contributed by atoms with Gasteiger partial charge in [0.15, 0.2) is 0 Å². The van der Waals surface area contributed by atoms with Crippen molar-refractivity contribution in [1.82, 2.24) is 4.90 Å². The van der Waals surface area contributed by atoms with Crippen LogP contribution in [-0.2, 0) is 4.79 Å². The highest BCUT2D eigenvalue weighted by Gasteiger charge is 2.30. The van der Waals surface area contributed by atoms with Crippen molar-refractivity contribution >= 4 is 17.5 Å². The SMILES string of the molecule is CC(C)N(C)C(=O)C(C)(C)CCl. The van der Waals surface area contributed by atoms with Crippen LogP contribution in [0.2, 0.25) is 0 Å². The van der Waals surface area contributed by atoms with Crippen LogP contribution >= 0.6 is 11.6 Å². The van der Waals surface area contributed by atoms with Gasteiger partial charge in [-0.2, -0.15) is 0 Å². The topological polar surface area (TPSA) is 20.3 Å². The van der Waals surface area contributed by atoms with Gasteiger partial charge in [-0.1, -0.05) is 0 Å². The average molecular weight is 192 g/mol. The Labute approximate surface area is 79.9 Å². The summed E-state index contributed by atoms with van der Waals surface area (Å²) in [6, 6.07) is 0.236. The number of hydrogen-bond donors (Lipinski definition) is 0. The van der Waals surface area contributed by atoms with Crippen LogP contribution < -0.4 is 0 Å². The molecule has 0 aliphatic rings. The van der Waals surface area contributed by atoms with E-state index in [1.807, 2.05) is 27.7 Å². The smallest absolute Gasteiger partial charge is 0.229 e. The number of rotatable bonds is 3. The fourth-order valence-corrected chi connectivity index (χ4v) is 0.883. The number of alkyl halides is 1. The highest BCUT2D eigenvalue weighted by Crippen LogP contribution is 2.20. The first-order valence-corrected chi connectivity index (χ1v) is 4.69. The predicted octanol–water partition coefficient (Wildman–Crippen LogP) is 2.12. The molecule has 0 aromatic rings. The van der Waals surface area contributed by atoms with E-state index >= 15 is 0 Å². The number of halogens is 1. The molecule has 0 unspecified atom stereocenters. The lowest BCUT2D eigenvalue weighted by Gasteiger charge is -2.30. The van der Waals surface area contributed by atoms with E-state index in [9.17, 15) is 4.79 Å². The van der Waals surface area contributed by atoms with Gasteiger partial charge in [0.05, 0.1) is 5.41 Å². The van der Waals surface area contributed by atoms with Crippen LogP contribution in [0.5, 0.6) is 0 Å². The van der Waals surface area contributed by atoms with Crippen molar-refractivity contribution < 1.29 is 4.79 Å². The Kier molecular flexibility index (Phi) is 4.04. The van der Waals surface area contributed by atoms with Crippen molar-refractivity contribution in [1.29, 1.82) is 0 Å². The Balaban J connectivity index is 4.39. The van der Waals surface area contributed by atoms with Crippen LogP contribution in [0.3, 0.4) is 0 Å². The first-order chi connectivity index (χ1) is 5.33. The Hall–Kier alpha value is -0.240. The van der Waals surface area contributed by atoms with Crippen molar-refractivity contribution in [3.8, 4) is 0 Å². The molecule has 1 amide bonds. The van der Waals surface area contributed by atoms with Gasteiger partial charge in [0, 0.05) is 19.0 Å². The lowest BCUT2D eigenvalue weighted by molar-refractivity contribution is -0.139. The highest BCUT2D eigenvalue weighted by atomic mass is 35.5. The Morgan fingerprint density at radius 1 is 1.50 bits per heavy atom. The van der Waals surface area contributed by atoms with Gasteiger partial charge < -0.3 is 4.90 Å². The van der Waals surface area contributed by atoms with Gasteiger partial charge >= 0.3 is 0 Å². The zero-order valence-electron chi connectivity index (χ0n) is 8.52. The lowest BCUT2D eigenvalue weighted by atomic mass is 9.94. The zero-order valence-corrected chi connectivity index (χ0v) is 9.27. The summed E-state index contributed by atoms with van der Waals surface area (Å²) >= 11 is 5.69. The molecule has 0 heterocycles. The number of amides is 1. The molecule has 72 valence electrons. The van der Waals surface area contributed by atoms with Crippen LogP contribution in [0.15, 0.2) is 0 Å². The second-order valence-electron chi connectivity index (χ2n) is 4.03. The molecule has 0 radical (unpaired) electrons. The number of hydrogen-bond acceptors (Lipinski definition) is 1. The summed E-state index contributed by atoms with van der Waals surface area (Å²) in [4.78, 5) is 13.4. The molecule has 0 bridgehead atoms. The molecule has 0 aromatic heterocycles. The number of carbonyl (C=O) groups excluding carboxylic acids is 1. The largest absolute Gasteiger partial charge is 0.343 e. The maximum atomic E-state index is 11.7. The van der Waals surface area contributed by atoms with Gasteiger partial charge in [-0.05, 0) is 27.7 Å². The molecule has 0 saturated carbocycles. The van der Waals surface area contributed by atoms with E-state index in [2.05, 4.69) is 0 Å². The summed E-state index contributed by atoms with van der Waals surface area (Å²) in [6.07, 6.45) is 0. The van der Waals surface area contributed by atoms with Crippen molar-refractivity contribution in [3.63, 3.8) is 0 Å². The maximum absolute atomic E-state index is 11.7. The molecule has 0 rings (SSSR count). The summed E-state index contributed by atoms with van der Waals surface area (Å²) in [5, 5.41) is 0. The van der Waals surface area contributed by atoms with Gasteiger partial charge in [0.1, 0.15) is 0 Å². The molecule has 0 saturated heterocycles. The average Bonchev–Trinajstić information content (AvgIpc) is 2.01. The minimum absolute atomic E-state index is 0.104. The summed E-state index contributed by atoms with van der Waals surface area (Å²) in [6.45, 7) is 7.70. The summed E-state index contributed by atoms with van der Waals surface area (Å²) in [5.74, 6) is 0.468. The van der Waals surface area contributed by atoms with E-state index in [0.29, 0.717) is 5.88 Å². The molecule has 2 nitrogen and oxygen atoms in total. The predicted molar refractivity (Wildman–Crippen MR) is 52.4 cm³/mol. The minimum Gasteiger partial charge on any atom is -0.343 e. The highest BCUT2D eigenvalue weighted by molar-refractivity contribution is 6.19. The first kappa shape index (κ1) is 11.8. The zero-order chi connectivity index (χ0) is 9.94. The Bertz CT molecular complexity index is 166. The maximum Gasteiger partial charge on any atom is 0.229 e. The first-order valence-electron chi connectivity index (χ1n) is 4.16. The number of carbonyl (C=O) groups is 1. The van der Waals surface area contributed by atoms with E-state index in [4.69, 9.17) is 11.6 Å². The minimum atomic E-state index is -0.444. The van der Waals surface area contributed by atoms with Crippen LogP contribution in [0.25, 0.3) is 0 Å². The fourth-order valence-electron chi connectivity index (χ4n) is 0.769. The van der Waals surface area contributed by atoms with Crippen LogP contribution in [0.4, 0.5) is 0 Å². The van der Waals surface area contributed by atoms with E-state index < -0.39 is 5.41 Å². The van der Waals surface area contributed by atoms with Gasteiger partial charge in [0.25, 0.3) is 0 Å². The Morgan fingerprint density at radius 2 is 1.92 bits per heavy atom. The molecule has 3 heteroatoms. The standard InChI is InChI=1S/C9H18ClNO/c1-7(2)11(5)8(12)9(3,4)6-10/h7H,6H2,1-5H3. The molecular weight excluding hydrogens is 174 g/mol. The summed E-state index contributed by atoms with van der Waals surface area (Å²) < 4.78 is 0. The van der Waals surface area contributed by atoms with E-state index in [1.54, 1.807) is 11.9 Å². The lowest BCUT2D eigenvalue weighted by Crippen LogP contribution is -2.42. The summed E-state index contributed by atoms with van der Waals surface area (Å²) in [5.41, 5.74) is -0.444. The van der Waals surface area contributed by atoms with E-state index in [0.717, 1.165) is 0 Å². The molecule has 0 spiro atoms. The Morgan fingerprint density at radius 3 is 2.17 bits per heavy atom. The third-order valence-electron chi connectivity index (χ3n) is 2.01. The third kappa shape index (κ3) is 2.67. The normalized spacial score (nSPS) is 11.9. The van der Waals surface area contributed by atoms with Crippen LogP contribution in [-0.4, -0.2) is 29.8 Å². The molecule has 0 aliphatic carbocycles. The van der Waals surface area contributed by atoms with Gasteiger partial charge in [-0.3, -0.25) is 4.79 Å². The fraction of sp³-hybridized carbons (Fsp3) is 0.889. The quantitative estimate of drug-likeness (QED) is 0.626. The monoisotopic (exact) mass is 191 g/mol. The summed E-state index contributed by atoms with van der Waals surface area (Å²) in [7, 11) is 1.81. The second kappa shape index (κ2) is 4.13. The molecule has 0 N–H and O–H groups in total. The van der Waals surface area contributed by atoms with Crippen molar-refractivity contribution in [2.45, 2.75) is 33.7 Å². The molecule has 0 fully saturated rings. The van der Waals surface area contributed by atoms with Gasteiger partial charge in [-0.25, -0.2) is 0 Å². The van der Waals surface area contributed by atoms with Gasteiger partial charge in [-0.15, -0.1) is 11.6 Å². The van der Waals surface area contributed by atoms with Crippen molar-refractivity contribution in [2.75, 3.05) is 12.9 Å². The second-order valence-corrected chi connectivity index (χ2v) is 4.29. The van der Waals surface area contributed by atoms with E-state index in [1.165, 1.54) is 0 Å². The van der Waals surface area contributed by atoms with Crippen molar-refractivity contribution in [2.24, 2.45) is 5.41 Å². The molecule has 0 aromatic carbocycles. The third-order valence-corrected chi connectivity index (χ3v) is 2.68. The molecular formula is C9H18ClNO. The number of nitrogens with zero attached hydrogens (tertiary/aromatic N) is 1. The van der Waals surface area contributed by atoms with E-state index in [-0.39, 0.29) is 11.9 Å². The van der Waals surface area contributed by atoms with Crippen LogP contribution in [0, 0.1) is 5.41 Å². The molecule has 0 atom stereocenters. The van der Waals surface area contributed by atoms with Crippen molar-refractivity contribution in [3.05, 3.63) is 0 Å². The molecule has 0 aliphatic heterocycles. The molecule has 12 heavy (non-hydrogen) atoms.